The lowest BCUT2D eigenvalue weighted by Gasteiger charge is -2.23. The summed E-state index contributed by atoms with van der Waals surface area (Å²) in [7, 11) is 0. The number of halogens is 1. The molecule has 1 atom stereocenters. The summed E-state index contributed by atoms with van der Waals surface area (Å²) in [5, 5.41) is 15.6. The van der Waals surface area contributed by atoms with Crippen LogP contribution in [0.25, 0.3) is 0 Å². The van der Waals surface area contributed by atoms with Crippen LogP contribution in [0.4, 0.5) is 0 Å². The van der Waals surface area contributed by atoms with Crippen LogP contribution in [0.2, 0.25) is 5.02 Å². The summed E-state index contributed by atoms with van der Waals surface area (Å²) in [6.07, 6.45) is 3.86. The minimum atomic E-state index is -0.148. The van der Waals surface area contributed by atoms with Crippen molar-refractivity contribution >= 4 is 17.5 Å². The van der Waals surface area contributed by atoms with Gasteiger partial charge in [0.1, 0.15) is 0 Å². The van der Waals surface area contributed by atoms with Gasteiger partial charge >= 0.3 is 0 Å². The molecule has 1 aliphatic heterocycles. The third-order valence-electron chi connectivity index (χ3n) is 5.29. The Labute approximate surface area is 151 Å². The highest BCUT2D eigenvalue weighted by Gasteiger charge is 2.27. The number of aromatic nitrogens is 3. The van der Waals surface area contributed by atoms with Gasteiger partial charge in [-0.1, -0.05) is 22.9 Å². The van der Waals surface area contributed by atoms with Gasteiger partial charge in [0, 0.05) is 5.02 Å². The Morgan fingerprint density at radius 2 is 2.12 bits per heavy atom. The monoisotopic (exact) mass is 359 g/mol. The summed E-state index contributed by atoms with van der Waals surface area (Å²) in [5.41, 5.74) is 3.65. The van der Waals surface area contributed by atoms with Crippen LogP contribution in [0.15, 0.2) is 18.2 Å². The highest BCUT2D eigenvalue weighted by atomic mass is 35.5. The highest BCUT2D eigenvalue weighted by Crippen LogP contribution is 2.33. The van der Waals surface area contributed by atoms with E-state index in [0.717, 1.165) is 55.1 Å². The van der Waals surface area contributed by atoms with Gasteiger partial charge in [-0.2, -0.15) is 0 Å². The number of carbonyl (C=O) groups is 1. The largest absolute Gasteiger partial charge is 0.344 e. The van der Waals surface area contributed by atoms with Crippen LogP contribution in [0.5, 0.6) is 0 Å². The standard InChI is InChI=1S/C18H22ClN5O/c1-11-17(22-23-24(11)14-6-8-20-9-7-14)18(25)21-16-5-2-12-10-13(19)3-4-15(12)16/h3-4,10,14,16,20H,2,5-9H2,1H3,(H,21,25). The number of piperidine rings is 1. The topological polar surface area (TPSA) is 71.8 Å². The first-order valence-corrected chi connectivity index (χ1v) is 9.23. The van der Waals surface area contributed by atoms with Crippen molar-refractivity contribution in [3.8, 4) is 0 Å². The SMILES string of the molecule is Cc1c(C(=O)NC2CCc3cc(Cl)ccc32)nnn1C1CCNCC1. The molecule has 1 aromatic heterocycles. The normalized spacial score (nSPS) is 20.5. The fraction of sp³-hybridized carbons (Fsp3) is 0.500. The lowest BCUT2D eigenvalue weighted by Crippen LogP contribution is -2.31. The molecule has 0 bridgehead atoms. The van der Waals surface area contributed by atoms with Crippen LogP contribution in [-0.2, 0) is 6.42 Å². The van der Waals surface area contributed by atoms with Crippen LogP contribution in [0.3, 0.4) is 0 Å². The minimum absolute atomic E-state index is 0.0168. The Morgan fingerprint density at radius 1 is 1.32 bits per heavy atom. The average Bonchev–Trinajstić information content (AvgIpc) is 3.19. The van der Waals surface area contributed by atoms with E-state index in [1.807, 2.05) is 29.8 Å². The molecule has 2 heterocycles. The molecule has 1 aromatic carbocycles. The van der Waals surface area contributed by atoms with Crippen molar-refractivity contribution in [3.05, 3.63) is 45.7 Å². The summed E-state index contributed by atoms with van der Waals surface area (Å²) in [5.74, 6) is -0.148. The van der Waals surface area contributed by atoms with Gasteiger partial charge < -0.3 is 10.6 Å². The second-order valence-corrected chi connectivity index (χ2v) is 7.29. The minimum Gasteiger partial charge on any atom is -0.344 e. The van der Waals surface area contributed by atoms with Crippen molar-refractivity contribution in [2.24, 2.45) is 0 Å². The Morgan fingerprint density at radius 3 is 2.92 bits per heavy atom. The summed E-state index contributed by atoms with van der Waals surface area (Å²) in [4.78, 5) is 12.7. The number of aryl methyl sites for hydroxylation is 1. The molecule has 1 unspecified atom stereocenters. The Kier molecular flexibility index (Phi) is 4.48. The number of benzene rings is 1. The molecule has 2 aliphatic rings. The molecular weight excluding hydrogens is 338 g/mol. The van der Waals surface area contributed by atoms with E-state index >= 15 is 0 Å². The van der Waals surface area contributed by atoms with Crippen LogP contribution in [-0.4, -0.2) is 34.0 Å². The van der Waals surface area contributed by atoms with Crippen LogP contribution in [0, 0.1) is 6.92 Å². The Bertz CT molecular complexity index is 797. The van der Waals surface area contributed by atoms with E-state index < -0.39 is 0 Å². The molecule has 0 spiro atoms. The first-order chi connectivity index (χ1) is 12.1. The maximum Gasteiger partial charge on any atom is 0.274 e. The van der Waals surface area contributed by atoms with Gasteiger partial charge in [-0.15, -0.1) is 5.10 Å². The Balaban J connectivity index is 1.50. The molecular formula is C18H22ClN5O. The van der Waals surface area contributed by atoms with Gasteiger partial charge in [0.15, 0.2) is 5.69 Å². The quantitative estimate of drug-likeness (QED) is 0.883. The van der Waals surface area contributed by atoms with Gasteiger partial charge in [-0.25, -0.2) is 4.68 Å². The first-order valence-electron chi connectivity index (χ1n) is 8.85. The predicted octanol–water partition coefficient (Wildman–Crippen LogP) is 2.58. The van der Waals surface area contributed by atoms with Gasteiger partial charge in [0.2, 0.25) is 0 Å². The van der Waals surface area contributed by atoms with E-state index in [-0.39, 0.29) is 11.9 Å². The van der Waals surface area contributed by atoms with Gasteiger partial charge in [-0.05, 0) is 69.0 Å². The lowest BCUT2D eigenvalue weighted by molar-refractivity contribution is 0.0931. The number of amides is 1. The third-order valence-corrected chi connectivity index (χ3v) is 5.52. The second-order valence-electron chi connectivity index (χ2n) is 6.86. The maximum absolute atomic E-state index is 12.7. The summed E-state index contributed by atoms with van der Waals surface area (Å²) in [6.45, 7) is 3.89. The fourth-order valence-electron chi connectivity index (χ4n) is 3.91. The average molecular weight is 360 g/mol. The maximum atomic E-state index is 12.7. The van der Waals surface area contributed by atoms with E-state index in [9.17, 15) is 4.79 Å². The van der Waals surface area contributed by atoms with E-state index in [1.54, 1.807) is 0 Å². The van der Waals surface area contributed by atoms with Gasteiger partial charge in [-0.3, -0.25) is 4.79 Å². The van der Waals surface area contributed by atoms with E-state index in [2.05, 4.69) is 20.9 Å². The molecule has 1 saturated heterocycles. The first kappa shape index (κ1) is 16.5. The molecule has 1 amide bonds. The smallest absolute Gasteiger partial charge is 0.274 e. The number of fused-ring (bicyclic) bond motifs is 1. The van der Waals surface area contributed by atoms with Crippen molar-refractivity contribution in [2.75, 3.05) is 13.1 Å². The number of hydrogen-bond donors (Lipinski definition) is 2. The zero-order chi connectivity index (χ0) is 17.4. The summed E-state index contributed by atoms with van der Waals surface area (Å²) >= 11 is 6.06. The van der Waals surface area contributed by atoms with E-state index in [4.69, 9.17) is 11.6 Å². The predicted molar refractivity (Wildman–Crippen MR) is 95.9 cm³/mol. The molecule has 0 saturated carbocycles. The second kappa shape index (κ2) is 6.77. The van der Waals surface area contributed by atoms with Crippen molar-refractivity contribution < 1.29 is 4.79 Å². The summed E-state index contributed by atoms with van der Waals surface area (Å²) in [6, 6.07) is 6.22. The lowest BCUT2D eigenvalue weighted by atomic mass is 10.1. The third kappa shape index (κ3) is 3.16. The molecule has 132 valence electrons. The van der Waals surface area contributed by atoms with E-state index in [0.29, 0.717) is 11.7 Å². The molecule has 1 fully saturated rings. The molecule has 6 nitrogen and oxygen atoms in total. The van der Waals surface area contributed by atoms with Crippen molar-refractivity contribution in [1.29, 1.82) is 0 Å². The molecule has 2 aromatic rings. The molecule has 7 heteroatoms. The zero-order valence-corrected chi connectivity index (χ0v) is 15.0. The van der Waals surface area contributed by atoms with Crippen LogP contribution < -0.4 is 10.6 Å². The Hall–Kier alpha value is -1.92. The van der Waals surface area contributed by atoms with Crippen molar-refractivity contribution in [2.45, 2.75) is 44.7 Å². The van der Waals surface area contributed by atoms with Crippen LogP contribution in [0.1, 0.15) is 58.7 Å². The van der Waals surface area contributed by atoms with Crippen molar-refractivity contribution in [1.82, 2.24) is 25.6 Å². The molecule has 2 N–H and O–H groups in total. The number of carbonyl (C=O) groups excluding carboxylic acids is 1. The molecule has 25 heavy (non-hydrogen) atoms. The number of nitrogens with zero attached hydrogens (tertiary/aromatic N) is 3. The van der Waals surface area contributed by atoms with Crippen molar-refractivity contribution in [3.63, 3.8) is 0 Å². The van der Waals surface area contributed by atoms with Crippen LogP contribution >= 0.6 is 11.6 Å². The summed E-state index contributed by atoms with van der Waals surface area (Å²) < 4.78 is 1.91. The zero-order valence-electron chi connectivity index (χ0n) is 14.3. The number of rotatable bonds is 3. The molecule has 1 aliphatic carbocycles. The highest BCUT2D eigenvalue weighted by molar-refractivity contribution is 6.30. The fourth-order valence-corrected chi connectivity index (χ4v) is 4.11. The van der Waals surface area contributed by atoms with Gasteiger partial charge in [0.25, 0.3) is 5.91 Å². The van der Waals surface area contributed by atoms with Gasteiger partial charge in [0.05, 0.1) is 17.8 Å². The molecule has 0 radical (unpaired) electrons. The van der Waals surface area contributed by atoms with E-state index in [1.165, 1.54) is 5.56 Å². The number of nitrogens with one attached hydrogen (secondary N) is 2. The number of hydrogen-bond acceptors (Lipinski definition) is 4. The molecule has 4 rings (SSSR count).